The van der Waals surface area contributed by atoms with E-state index in [-0.39, 0.29) is 0 Å². The number of esters is 1. The van der Waals surface area contributed by atoms with Crippen molar-refractivity contribution in [3.63, 3.8) is 0 Å². The molecule has 4 nitrogen and oxygen atoms in total. The van der Waals surface area contributed by atoms with Gasteiger partial charge in [-0.1, -0.05) is 22.5 Å². The molecule has 0 aliphatic carbocycles. The quantitative estimate of drug-likeness (QED) is 0.329. The number of halogens is 1. The number of unbranched alkanes of at least 4 members (excludes halogenated alkanes) is 1. The van der Waals surface area contributed by atoms with Gasteiger partial charge in [0.2, 0.25) is 0 Å². The van der Waals surface area contributed by atoms with Crippen LogP contribution in [0.5, 0.6) is 0 Å². The average molecular weight is 265 g/mol. The Balaban J connectivity index is 3.34. The third kappa shape index (κ3) is 6.65. The molecule has 14 heavy (non-hydrogen) atoms. The Morgan fingerprint density at radius 1 is 1.50 bits per heavy atom. The molecular weight excluding hydrogens is 252 g/mol. The lowest BCUT2D eigenvalue weighted by atomic mass is 10.2. The van der Waals surface area contributed by atoms with Gasteiger partial charge in [0.05, 0.1) is 6.61 Å². The Kier molecular flexibility index (Phi) is 7.10. The van der Waals surface area contributed by atoms with Crippen LogP contribution >= 0.6 is 15.9 Å². The van der Waals surface area contributed by atoms with Gasteiger partial charge in [0.15, 0.2) is 0 Å². The molecule has 5 heteroatoms. The van der Waals surface area contributed by atoms with Crippen molar-refractivity contribution >= 4 is 27.9 Å². The number of carboxylic acids is 1. The first-order valence-corrected chi connectivity index (χ1v) is 5.15. The standard InChI is InChI=1S/C9H13BrO4/c1-2-8(11)14-6-4-3-5-7(10)9(12)13/h2,7H,1,3-6H2,(H,12,13). The number of rotatable bonds is 7. The van der Waals surface area contributed by atoms with Gasteiger partial charge >= 0.3 is 11.9 Å². The highest BCUT2D eigenvalue weighted by Crippen LogP contribution is 2.09. The zero-order valence-electron chi connectivity index (χ0n) is 7.74. The Labute approximate surface area is 91.1 Å². The van der Waals surface area contributed by atoms with Crippen molar-refractivity contribution in [3.8, 4) is 0 Å². The van der Waals surface area contributed by atoms with Gasteiger partial charge in [0, 0.05) is 6.08 Å². The lowest BCUT2D eigenvalue weighted by Crippen LogP contribution is -2.12. The highest BCUT2D eigenvalue weighted by Gasteiger charge is 2.11. The van der Waals surface area contributed by atoms with Gasteiger partial charge in [0.1, 0.15) is 4.83 Å². The molecule has 1 N–H and O–H groups in total. The number of hydrogen-bond donors (Lipinski definition) is 1. The first-order valence-electron chi connectivity index (χ1n) is 4.24. The minimum atomic E-state index is -0.868. The van der Waals surface area contributed by atoms with E-state index in [2.05, 4.69) is 22.5 Å². The van der Waals surface area contributed by atoms with Crippen molar-refractivity contribution in [2.75, 3.05) is 6.61 Å². The number of ether oxygens (including phenoxy) is 1. The van der Waals surface area contributed by atoms with Gasteiger partial charge in [-0.3, -0.25) is 4.79 Å². The van der Waals surface area contributed by atoms with E-state index < -0.39 is 16.8 Å². The summed E-state index contributed by atoms with van der Waals surface area (Å²) in [4.78, 5) is 20.4. The smallest absolute Gasteiger partial charge is 0.330 e. The van der Waals surface area contributed by atoms with Crippen LogP contribution in [0.2, 0.25) is 0 Å². The number of alkyl halides is 1. The zero-order chi connectivity index (χ0) is 11.0. The summed E-state index contributed by atoms with van der Waals surface area (Å²) in [6, 6.07) is 0. The maximum absolute atomic E-state index is 10.6. The van der Waals surface area contributed by atoms with Crippen LogP contribution in [-0.4, -0.2) is 28.5 Å². The minimum Gasteiger partial charge on any atom is -0.480 e. The molecule has 80 valence electrons. The van der Waals surface area contributed by atoms with E-state index in [1.807, 2.05) is 0 Å². The fraction of sp³-hybridized carbons (Fsp3) is 0.556. The van der Waals surface area contributed by atoms with Crippen molar-refractivity contribution in [2.45, 2.75) is 24.1 Å². The molecule has 0 aliphatic rings. The van der Waals surface area contributed by atoms with Gasteiger partial charge in [-0.25, -0.2) is 4.79 Å². The second-order valence-electron chi connectivity index (χ2n) is 2.67. The Morgan fingerprint density at radius 2 is 2.14 bits per heavy atom. The molecule has 0 amide bonds. The monoisotopic (exact) mass is 264 g/mol. The molecule has 0 spiro atoms. The molecule has 0 heterocycles. The number of carbonyl (C=O) groups is 2. The van der Waals surface area contributed by atoms with E-state index in [1.165, 1.54) is 0 Å². The lowest BCUT2D eigenvalue weighted by molar-refractivity contribution is -0.138. The molecule has 0 radical (unpaired) electrons. The third-order valence-corrected chi connectivity index (χ3v) is 2.38. The topological polar surface area (TPSA) is 63.6 Å². The predicted octanol–water partition coefficient (Wildman–Crippen LogP) is 1.73. The van der Waals surface area contributed by atoms with Crippen molar-refractivity contribution in [1.29, 1.82) is 0 Å². The fourth-order valence-electron chi connectivity index (χ4n) is 0.781. The van der Waals surface area contributed by atoms with Crippen molar-refractivity contribution in [2.24, 2.45) is 0 Å². The summed E-state index contributed by atoms with van der Waals surface area (Å²) in [5.74, 6) is -1.31. The molecule has 0 aromatic heterocycles. The van der Waals surface area contributed by atoms with Crippen molar-refractivity contribution in [3.05, 3.63) is 12.7 Å². The molecule has 0 fully saturated rings. The molecule has 0 rings (SSSR count). The largest absolute Gasteiger partial charge is 0.480 e. The molecule has 0 bridgehead atoms. The Bertz CT molecular complexity index is 215. The van der Waals surface area contributed by atoms with E-state index in [9.17, 15) is 9.59 Å². The van der Waals surface area contributed by atoms with Gasteiger partial charge in [-0.05, 0) is 19.3 Å². The fourth-order valence-corrected chi connectivity index (χ4v) is 1.10. The highest BCUT2D eigenvalue weighted by molar-refractivity contribution is 9.10. The first-order chi connectivity index (χ1) is 6.57. The van der Waals surface area contributed by atoms with E-state index in [1.54, 1.807) is 0 Å². The summed E-state index contributed by atoms with van der Waals surface area (Å²) >= 11 is 3.01. The van der Waals surface area contributed by atoms with Crippen LogP contribution in [0.3, 0.4) is 0 Å². The molecule has 0 aliphatic heterocycles. The van der Waals surface area contributed by atoms with E-state index in [0.29, 0.717) is 25.9 Å². The average Bonchev–Trinajstić information content (AvgIpc) is 2.16. The van der Waals surface area contributed by atoms with Gasteiger partial charge in [-0.15, -0.1) is 0 Å². The van der Waals surface area contributed by atoms with Crippen LogP contribution in [0.4, 0.5) is 0 Å². The summed E-state index contributed by atoms with van der Waals surface area (Å²) in [5, 5.41) is 8.52. The number of aliphatic carboxylic acids is 1. The summed E-state index contributed by atoms with van der Waals surface area (Å²) in [6.45, 7) is 3.56. The van der Waals surface area contributed by atoms with Gasteiger partial charge < -0.3 is 9.84 Å². The second kappa shape index (κ2) is 7.55. The number of hydrogen-bond acceptors (Lipinski definition) is 3. The number of carbonyl (C=O) groups excluding carboxylic acids is 1. The lowest BCUT2D eigenvalue weighted by Gasteiger charge is -2.04. The second-order valence-corrected chi connectivity index (χ2v) is 3.78. The van der Waals surface area contributed by atoms with Gasteiger partial charge in [-0.2, -0.15) is 0 Å². The Hall–Kier alpha value is -0.840. The van der Waals surface area contributed by atoms with E-state index in [0.717, 1.165) is 6.08 Å². The van der Waals surface area contributed by atoms with Crippen LogP contribution in [0.1, 0.15) is 19.3 Å². The molecular formula is C9H13BrO4. The minimum absolute atomic E-state index is 0.310. The van der Waals surface area contributed by atoms with Gasteiger partial charge in [0.25, 0.3) is 0 Å². The third-order valence-electron chi connectivity index (χ3n) is 1.53. The molecule has 0 saturated carbocycles. The molecule has 0 aromatic carbocycles. The highest BCUT2D eigenvalue weighted by atomic mass is 79.9. The van der Waals surface area contributed by atoms with Crippen LogP contribution in [0.25, 0.3) is 0 Å². The number of carboxylic acid groups (broad SMARTS) is 1. The summed E-state index contributed by atoms with van der Waals surface area (Å²) in [6.07, 6.45) is 2.99. The maximum Gasteiger partial charge on any atom is 0.330 e. The summed E-state index contributed by atoms with van der Waals surface area (Å²) in [5.41, 5.74) is 0. The van der Waals surface area contributed by atoms with Crippen molar-refractivity contribution in [1.82, 2.24) is 0 Å². The van der Waals surface area contributed by atoms with Crippen LogP contribution in [-0.2, 0) is 14.3 Å². The molecule has 1 unspecified atom stereocenters. The summed E-state index contributed by atoms with van der Waals surface area (Å²) in [7, 11) is 0. The first kappa shape index (κ1) is 13.2. The van der Waals surface area contributed by atoms with Crippen LogP contribution < -0.4 is 0 Å². The van der Waals surface area contributed by atoms with Crippen LogP contribution in [0.15, 0.2) is 12.7 Å². The summed E-state index contributed by atoms with van der Waals surface area (Å²) < 4.78 is 4.71. The zero-order valence-corrected chi connectivity index (χ0v) is 9.33. The SMILES string of the molecule is C=CC(=O)OCCCCC(Br)C(=O)O. The molecule has 0 aromatic rings. The predicted molar refractivity (Wildman–Crippen MR) is 55.4 cm³/mol. The van der Waals surface area contributed by atoms with Crippen molar-refractivity contribution < 1.29 is 19.4 Å². The van der Waals surface area contributed by atoms with E-state index >= 15 is 0 Å². The van der Waals surface area contributed by atoms with E-state index in [4.69, 9.17) is 9.84 Å². The maximum atomic E-state index is 10.6. The molecule has 0 saturated heterocycles. The molecule has 1 atom stereocenters. The normalized spacial score (nSPS) is 11.8. The Morgan fingerprint density at radius 3 is 2.64 bits per heavy atom. The van der Waals surface area contributed by atoms with Crippen LogP contribution in [0, 0.1) is 0 Å².